The molecule has 1 fully saturated rings. The molecule has 0 bridgehead atoms. The maximum absolute atomic E-state index is 11.8. The number of rotatable bonds is 10. The quantitative estimate of drug-likeness (QED) is 0.339. The SMILES string of the molecule is Cl.Cl.NC(CCCCB(O)O)(C(=O)O)C1CCN(CCc2ccccc2)C1. The number of nitrogens with two attached hydrogens (primary N) is 1. The van der Waals surface area contributed by atoms with Gasteiger partial charge in [-0.1, -0.05) is 43.2 Å². The molecule has 0 amide bonds. The Morgan fingerprint density at radius 2 is 1.89 bits per heavy atom. The minimum absolute atomic E-state index is 0. The van der Waals surface area contributed by atoms with E-state index in [9.17, 15) is 9.90 Å². The highest BCUT2D eigenvalue weighted by Gasteiger charge is 2.44. The Morgan fingerprint density at radius 1 is 1.22 bits per heavy atom. The van der Waals surface area contributed by atoms with E-state index in [0.29, 0.717) is 25.8 Å². The fourth-order valence-corrected chi connectivity index (χ4v) is 3.62. The van der Waals surface area contributed by atoms with Gasteiger partial charge in [0, 0.05) is 19.0 Å². The standard InChI is InChI=1S/C18H29BN2O4.2ClH/c20-18(17(22)23,10-4-5-11-19(24)25)16-9-13-21(14-16)12-8-15-6-2-1-3-7-15;;/h1-3,6-7,16,24-25H,4-5,8-14,20H2,(H,22,23);2*1H. The first kappa shape index (κ1) is 26.2. The third kappa shape index (κ3) is 7.98. The van der Waals surface area contributed by atoms with Crippen LogP contribution in [0.25, 0.3) is 0 Å². The highest BCUT2D eigenvalue weighted by molar-refractivity contribution is 6.40. The van der Waals surface area contributed by atoms with Crippen molar-refractivity contribution in [1.29, 1.82) is 0 Å². The van der Waals surface area contributed by atoms with E-state index < -0.39 is 18.6 Å². The summed E-state index contributed by atoms with van der Waals surface area (Å²) >= 11 is 0. The Bertz CT molecular complexity index is 553. The molecule has 2 rings (SSSR count). The van der Waals surface area contributed by atoms with Gasteiger partial charge in [-0.25, -0.2) is 0 Å². The Balaban J connectivity index is 0.00000338. The second-order valence-electron chi connectivity index (χ2n) is 7.09. The van der Waals surface area contributed by atoms with Crippen LogP contribution in [0, 0.1) is 5.92 Å². The first-order chi connectivity index (χ1) is 11.9. The van der Waals surface area contributed by atoms with E-state index in [-0.39, 0.29) is 37.1 Å². The molecule has 0 radical (unpaired) electrons. The fourth-order valence-electron chi connectivity index (χ4n) is 3.62. The number of nitrogens with zero attached hydrogens (tertiary/aromatic N) is 1. The molecule has 0 aliphatic carbocycles. The number of hydrogen-bond donors (Lipinski definition) is 4. The summed E-state index contributed by atoms with van der Waals surface area (Å²) in [5.74, 6) is -1.02. The minimum Gasteiger partial charge on any atom is -0.480 e. The lowest BCUT2D eigenvalue weighted by Gasteiger charge is -2.31. The predicted octanol–water partition coefficient (Wildman–Crippen LogP) is 1.82. The van der Waals surface area contributed by atoms with E-state index in [1.54, 1.807) is 0 Å². The number of unbranched alkanes of at least 4 members (excludes halogenated alkanes) is 1. The number of benzene rings is 1. The molecule has 2 atom stereocenters. The molecule has 0 spiro atoms. The predicted molar refractivity (Wildman–Crippen MR) is 113 cm³/mol. The topological polar surface area (TPSA) is 107 Å². The van der Waals surface area contributed by atoms with Crippen molar-refractivity contribution in [2.24, 2.45) is 11.7 Å². The molecular formula is C18H31BCl2N2O4. The van der Waals surface area contributed by atoms with Crippen molar-refractivity contribution in [2.45, 2.75) is 44.0 Å². The number of likely N-dealkylation sites (tertiary alicyclic amines) is 1. The van der Waals surface area contributed by atoms with Crippen molar-refractivity contribution in [3.63, 3.8) is 0 Å². The molecule has 9 heteroatoms. The molecule has 1 aromatic rings. The van der Waals surface area contributed by atoms with E-state index in [4.69, 9.17) is 15.8 Å². The van der Waals surface area contributed by atoms with Crippen LogP contribution in [-0.2, 0) is 11.2 Å². The van der Waals surface area contributed by atoms with Crippen molar-refractivity contribution in [3.05, 3.63) is 35.9 Å². The smallest absolute Gasteiger partial charge is 0.451 e. The van der Waals surface area contributed by atoms with Crippen LogP contribution < -0.4 is 5.73 Å². The molecule has 0 saturated carbocycles. The summed E-state index contributed by atoms with van der Waals surface area (Å²) in [6, 6.07) is 10.3. The van der Waals surface area contributed by atoms with Gasteiger partial charge in [-0.15, -0.1) is 24.8 Å². The third-order valence-corrected chi connectivity index (χ3v) is 5.26. The Kier molecular flexibility index (Phi) is 12.2. The average Bonchev–Trinajstić information content (AvgIpc) is 3.07. The molecule has 1 aliphatic rings. The summed E-state index contributed by atoms with van der Waals surface area (Å²) in [4.78, 5) is 14.1. The molecule has 1 aromatic carbocycles. The Labute approximate surface area is 174 Å². The molecule has 6 nitrogen and oxygen atoms in total. The zero-order valence-electron chi connectivity index (χ0n) is 15.5. The molecule has 5 N–H and O–H groups in total. The van der Waals surface area contributed by atoms with Gasteiger partial charge < -0.3 is 25.8 Å². The average molecular weight is 421 g/mol. The van der Waals surface area contributed by atoms with Crippen LogP contribution in [-0.4, -0.2) is 58.3 Å². The second-order valence-corrected chi connectivity index (χ2v) is 7.09. The van der Waals surface area contributed by atoms with Crippen LogP contribution in [0.5, 0.6) is 0 Å². The molecular weight excluding hydrogens is 390 g/mol. The fraction of sp³-hybridized carbons (Fsp3) is 0.611. The first-order valence-corrected chi connectivity index (χ1v) is 9.06. The zero-order valence-corrected chi connectivity index (χ0v) is 17.1. The van der Waals surface area contributed by atoms with Crippen LogP contribution >= 0.6 is 24.8 Å². The number of halogens is 2. The van der Waals surface area contributed by atoms with Crippen molar-refractivity contribution < 1.29 is 19.9 Å². The van der Waals surface area contributed by atoms with E-state index in [0.717, 1.165) is 25.9 Å². The van der Waals surface area contributed by atoms with Crippen LogP contribution in [0.1, 0.15) is 31.2 Å². The molecule has 1 aliphatic heterocycles. The van der Waals surface area contributed by atoms with Gasteiger partial charge in [-0.05, 0) is 37.7 Å². The number of carbonyl (C=O) groups is 1. The summed E-state index contributed by atoms with van der Waals surface area (Å²) in [5, 5.41) is 27.4. The molecule has 1 heterocycles. The van der Waals surface area contributed by atoms with E-state index >= 15 is 0 Å². The maximum atomic E-state index is 11.8. The van der Waals surface area contributed by atoms with Crippen molar-refractivity contribution >= 4 is 37.9 Å². The number of carboxylic acids is 1. The lowest BCUT2D eigenvalue weighted by Crippen LogP contribution is -2.55. The van der Waals surface area contributed by atoms with Crippen molar-refractivity contribution in [2.75, 3.05) is 19.6 Å². The first-order valence-electron chi connectivity index (χ1n) is 9.06. The van der Waals surface area contributed by atoms with E-state index in [1.807, 2.05) is 18.2 Å². The van der Waals surface area contributed by atoms with Crippen LogP contribution in [0.4, 0.5) is 0 Å². The Morgan fingerprint density at radius 3 is 2.48 bits per heavy atom. The zero-order chi connectivity index (χ0) is 18.3. The van der Waals surface area contributed by atoms with Gasteiger partial charge in [-0.2, -0.15) is 0 Å². The molecule has 154 valence electrons. The molecule has 1 saturated heterocycles. The van der Waals surface area contributed by atoms with Crippen molar-refractivity contribution in [3.8, 4) is 0 Å². The number of hydrogen-bond acceptors (Lipinski definition) is 5. The van der Waals surface area contributed by atoms with Gasteiger partial charge >= 0.3 is 13.1 Å². The summed E-state index contributed by atoms with van der Waals surface area (Å²) in [5.41, 5.74) is 6.33. The maximum Gasteiger partial charge on any atom is 0.451 e. The largest absolute Gasteiger partial charge is 0.480 e. The Hall–Kier alpha value is -0.825. The third-order valence-electron chi connectivity index (χ3n) is 5.26. The molecule has 2 unspecified atom stereocenters. The van der Waals surface area contributed by atoms with Crippen LogP contribution in [0.15, 0.2) is 30.3 Å². The normalized spacial score (nSPS) is 18.9. The van der Waals surface area contributed by atoms with Gasteiger partial charge in [-0.3, -0.25) is 4.79 Å². The molecule has 27 heavy (non-hydrogen) atoms. The van der Waals surface area contributed by atoms with Gasteiger partial charge in [0.25, 0.3) is 0 Å². The van der Waals surface area contributed by atoms with Gasteiger partial charge in [0.1, 0.15) is 5.54 Å². The van der Waals surface area contributed by atoms with E-state index in [2.05, 4.69) is 17.0 Å². The van der Waals surface area contributed by atoms with Crippen molar-refractivity contribution in [1.82, 2.24) is 4.90 Å². The molecule has 0 aromatic heterocycles. The summed E-state index contributed by atoms with van der Waals surface area (Å²) < 4.78 is 0. The highest BCUT2D eigenvalue weighted by atomic mass is 35.5. The van der Waals surface area contributed by atoms with E-state index in [1.165, 1.54) is 5.56 Å². The van der Waals surface area contributed by atoms with Gasteiger partial charge in [0.15, 0.2) is 0 Å². The van der Waals surface area contributed by atoms with Gasteiger partial charge in [0.05, 0.1) is 0 Å². The summed E-state index contributed by atoms with van der Waals surface area (Å²) in [6.45, 7) is 2.49. The van der Waals surface area contributed by atoms with Gasteiger partial charge in [0.2, 0.25) is 0 Å². The lowest BCUT2D eigenvalue weighted by atomic mass is 9.77. The number of carboxylic acid groups (broad SMARTS) is 1. The highest BCUT2D eigenvalue weighted by Crippen LogP contribution is 2.30. The van der Waals surface area contributed by atoms with Crippen LogP contribution in [0.2, 0.25) is 6.32 Å². The number of aliphatic carboxylic acids is 1. The summed E-state index contributed by atoms with van der Waals surface area (Å²) in [7, 11) is -1.34. The minimum atomic E-state index is -1.34. The van der Waals surface area contributed by atoms with Crippen LogP contribution in [0.3, 0.4) is 0 Å². The summed E-state index contributed by atoms with van der Waals surface area (Å²) in [6.07, 6.45) is 3.51. The second kappa shape index (κ2) is 12.6. The monoisotopic (exact) mass is 420 g/mol. The lowest BCUT2D eigenvalue weighted by molar-refractivity contribution is -0.145.